The lowest BCUT2D eigenvalue weighted by Gasteiger charge is -2.24. The van der Waals surface area contributed by atoms with Crippen LogP contribution in [-0.4, -0.2) is 35.6 Å². The molecule has 1 aromatic heterocycles. The number of carbonyl (C=O) groups is 1. The molecule has 3 aromatic rings. The molecule has 0 saturated heterocycles. The van der Waals surface area contributed by atoms with Crippen molar-refractivity contribution in [3.8, 4) is 0 Å². The van der Waals surface area contributed by atoms with Crippen molar-refractivity contribution in [1.29, 1.82) is 0 Å². The van der Waals surface area contributed by atoms with E-state index in [1.807, 2.05) is 23.1 Å². The highest BCUT2D eigenvalue weighted by Crippen LogP contribution is 2.17. The van der Waals surface area contributed by atoms with E-state index in [0.29, 0.717) is 30.3 Å². The normalized spacial score (nSPS) is 10.9. The molecule has 2 aromatic carbocycles. The number of halogens is 2. The van der Waals surface area contributed by atoms with Gasteiger partial charge < -0.3 is 14.2 Å². The average Bonchev–Trinajstić information content (AvgIpc) is 3.16. The van der Waals surface area contributed by atoms with Crippen LogP contribution in [0.3, 0.4) is 0 Å². The van der Waals surface area contributed by atoms with Gasteiger partial charge >= 0.3 is 0 Å². The number of methoxy groups -OCH3 is 1. The van der Waals surface area contributed by atoms with Gasteiger partial charge in [0.25, 0.3) is 5.91 Å². The van der Waals surface area contributed by atoms with Gasteiger partial charge in [0, 0.05) is 53.8 Å². The molecule has 0 spiro atoms. The van der Waals surface area contributed by atoms with Crippen LogP contribution in [0.15, 0.2) is 71.3 Å². The first-order valence-corrected chi connectivity index (χ1v) is 10.7. The number of rotatable bonds is 9. The molecule has 1 heterocycles. The van der Waals surface area contributed by atoms with Gasteiger partial charge in [0.15, 0.2) is 0 Å². The predicted molar refractivity (Wildman–Crippen MR) is 120 cm³/mol. The summed E-state index contributed by atoms with van der Waals surface area (Å²) in [6.45, 7) is 2.54. The Morgan fingerprint density at radius 1 is 1.10 bits per heavy atom. The number of carbonyl (C=O) groups excluding carboxylic acids is 1. The molecule has 0 bridgehead atoms. The van der Waals surface area contributed by atoms with E-state index < -0.39 is 0 Å². The van der Waals surface area contributed by atoms with Crippen LogP contribution < -0.4 is 0 Å². The zero-order chi connectivity index (χ0) is 20.6. The lowest BCUT2D eigenvalue weighted by Crippen LogP contribution is -2.33. The standard InChI is InChI=1S/C23H24BrClN2O2/c1-29-15-3-14-27(23(28)19-7-11-21(25)12-8-19)17-22-4-2-13-26(22)16-18-5-9-20(24)10-6-18/h2,4-13H,3,14-17H2,1H3. The predicted octanol–water partition coefficient (Wildman–Crippen LogP) is 5.63. The van der Waals surface area contributed by atoms with Crippen LogP contribution in [0.2, 0.25) is 5.02 Å². The number of nitrogens with zero attached hydrogens (tertiary/aromatic N) is 2. The molecule has 0 atom stereocenters. The molecule has 4 nitrogen and oxygen atoms in total. The maximum atomic E-state index is 13.1. The summed E-state index contributed by atoms with van der Waals surface area (Å²) < 4.78 is 8.42. The van der Waals surface area contributed by atoms with Crippen molar-refractivity contribution in [2.75, 3.05) is 20.3 Å². The summed E-state index contributed by atoms with van der Waals surface area (Å²) in [6.07, 6.45) is 2.83. The van der Waals surface area contributed by atoms with E-state index in [1.165, 1.54) is 5.56 Å². The van der Waals surface area contributed by atoms with E-state index in [-0.39, 0.29) is 5.91 Å². The van der Waals surface area contributed by atoms with E-state index >= 15 is 0 Å². The Kier molecular flexibility index (Phi) is 7.92. The van der Waals surface area contributed by atoms with Crippen LogP contribution >= 0.6 is 27.5 Å². The third-order valence-corrected chi connectivity index (χ3v) is 5.48. The second kappa shape index (κ2) is 10.6. The molecule has 3 rings (SSSR count). The minimum atomic E-state index is -0.00541. The summed E-state index contributed by atoms with van der Waals surface area (Å²) in [4.78, 5) is 15.0. The number of aromatic nitrogens is 1. The first-order chi connectivity index (χ1) is 14.1. The third kappa shape index (κ3) is 6.20. The van der Waals surface area contributed by atoms with Crippen LogP contribution in [-0.2, 0) is 17.8 Å². The molecule has 0 radical (unpaired) electrons. The molecule has 29 heavy (non-hydrogen) atoms. The van der Waals surface area contributed by atoms with Crippen LogP contribution in [0.4, 0.5) is 0 Å². The molecule has 152 valence electrons. The van der Waals surface area contributed by atoms with Crippen LogP contribution in [0.5, 0.6) is 0 Å². The van der Waals surface area contributed by atoms with Crippen LogP contribution in [0.25, 0.3) is 0 Å². The van der Waals surface area contributed by atoms with E-state index in [0.717, 1.165) is 23.1 Å². The van der Waals surface area contributed by atoms with Gasteiger partial charge in [-0.25, -0.2) is 0 Å². The Hall–Kier alpha value is -2.08. The second-order valence-electron chi connectivity index (χ2n) is 6.83. The molecule has 1 amide bonds. The van der Waals surface area contributed by atoms with Crippen molar-refractivity contribution >= 4 is 33.4 Å². The summed E-state index contributed by atoms with van der Waals surface area (Å²) in [5, 5.41) is 0.621. The lowest BCUT2D eigenvalue weighted by molar-refractivity contribution is 0.0720. The average molecular weight is 476 g/mol. The lowest BCUT2D eigenvalue weighted by atomic mass is 10.2. The number of amides is 1. The fraction of sp³-hybridized carbons (Fsp3) is 0.261. The zero-order valence-corrected chi connectivity index (χ0v) is 18.7. The quantitative estimate of drug-likeness (QED) is 0.376. The molecule has 0 unspecified atom stereocenters. The smallest absolute Gasteiger partial charge is 0.254 e. The van der Waals surface area contributed by atoms with Gasteiger partial charge in [-0.3, -0.25) is 4.79 Å². The summed E-state index contributed by atoms with van der Waals surface area (Å²) in [5.41, 5.74) is 2.94. The van der Waals surface area contributed by atoms with E-state index in [9.17, 15) is 4.79 Å². The molecule has 0 N–H and O–H groups in total. The van der Waals surface area contributed by atoms with Crippen molar-refractivity contribution in [2.24, 2.45) is 0 Å². The highest BCUT2D eigenvalue weighted by atomic mass is 79.9. The largest absolute Gasteiger partial charge is 0.385 e. The van der Waals surface area contributed by atoms with Crippen molar-refractivity contribution in [2.45, 2.75) is 19.5 Å². The second-order valence-corrected chi connectivity index (χ2v) is 8.19. The number of hydrogen-bond acceptors (Lipinski definition) is 2. The van der Waals surface area contributed by atoms with Crippen molar-refractivity contribution < 1.29 is 9.53 Å². The minimum Gasteiger partial charge on any atom is -0.385 e. The summed E-state index contributed by atoms with van der Waals surface area (Å²) in [6, 6.07) is 19.4. The fourth-order valence-corrected chi connectivity index (χ4v) is 3.55. The third-order valence-electron chi connectivity index (χ3n) is 4.70. The first kappa shape index (κ1) is 21.6. The highest BCUT2D eigenvalue weighted by Gasteiger charge is 2.17. The Bertz CT molecular complexity index is 923. The van der Waals surface area contributed by atoms with Gasteiger partial charge in [-0.1, -0.05) is 39.7 Å². The maximum Gasteiger partial charge on any atom is 0.254 e. The van der Waals surface area contributed by atoms with E-state index in [2.05, 4.69) is 44.9 Å². The molecule has 0 aliphatic rings. The van der Waals surface area contributed by atoms with Gasteiger partial charge in [0.2, 0.25) is 0 Å². The topological polar surface area (TPSA) is 34.5 Å². The van der Waals surface area contributed by atoms with Gasteiger partial charge in [-0.05, 0) is 60.5 Å². The highest BCUT2D eigenvalue weighted by molar-refractivity contribution is 9.10. The van der Waals surface area contributed by atoms with Crippen LogP contribution in [0.1, 0.15) is 28.0 Å². The maximum absolute atomic E-state index is 13.1. The molecule has 0 fully saturated rings. The first-order valence-electron chi connectivity index (χ1n) is 9.49. The van der Waals surface area contributed by atoms with Crippen molar-refractivity contribution in [3.63, 3.8) is 0 Å². The van der Waals surface area contributed by atoms with Gasteiger partial charge in [0.1, 0.15) is 0 Å². The summed E-state index contributed by atoms with van der Waals surface area (Å²) in [7, 11) is 1.68. The van der Waals surface area contributed by atoms with E-state index in [1.54, 1.807) is 31.4 Å². The molecular weight excluding hydrogens is 452 g/mol. The molecule has 0 saturated carbocycles. The van der Waals surface area contributed by atoms with Crippen molar-refractivity contribution in [3.05, 3.63) is 93.2 Å². The molecule has 0 aliphatic heterocycles. The zero-order valence-electron chi connectivity index (χ0n) is 16.4. The Morgan fingerprint density at radius 2 is 1.83 bits per heavy atom. The summed E-state index contributed by atoms with van der Waals surface area (Å²) >= 11 is 9.45. The van der Waals surface area contributed by atoms with Crippen molar-refractivity contribution in [1.82, 2.24) is 9.47 Å². The fourth-order valence-electron chi connectivity index (χ4n) is 3.16. The summed E-state index contributed by atoms with van der Waals surface area (Å²) in [5.74, 6) is -0.00541. The van der Waals surface area contributed by atoms with Gasteiger partial charge in [0.05, 0.1) is 6.54 Å². The van der Waals surface area contributed by atoms with Gasteiger partial charge in [-0.15, -0.1) is 0 Å². The minimum absolute atomic E-state index is 0.00541. The number of hydrogen-bond donors (Lipinski definition) is 0. The van der Waals surface area contributed by atoms with Crippen LogP contribution in [0, 0.1) is 0 Å². The van der Waals surface area contributed by atoms with E-state index in [4.69, 9.17) is 16.3 Å². The number of ether oxygens (including phenoxy) is 1. The molecule has 6 heteroatoms. The monoisotopic (exact) mass is 474 g/mol. The Labute approximate surface area is 185 Å². The number of benzene rings is 2. The Morgan fingerprint density at radius 3 is 2.52 bits per heavy atom. The molecule has 0 aliphatic carbocycles. The SMILES string of the molecule is COCCCN(Cc1cccn1Cc1ccc(Br)cc1)C(=O)c1ccc(Cl)cc1. The Balaban J connectivity index is 1.77. The molecular formula is C23H24BrClN2O2. The van der Waals surface area contributed by atoms with Gasteiger partial charge in [-0.2, -0.15) is 0 Å².